The van der Waals surface area contributed by atoms with Crippen LogP contribution in [0.5, 0.6) is 5.75 Å². The zero-order chi connectivity index (χ0) is 19.3. The second-order valence-electron chi connectivity index (χ2n) is 6.93. The Morgan fingerprint density at radius 3 is 2.50 bits per heavy atom. The largest absolute Gasteiger partial charge is 0.481 e. The van der Waals surface area contributed by atoms with Crippen molar-refractivity contribution in [3.8, 4) is 5.75 Å². The van der Waals surface area contributed by atoms with Gasteiger partial charge in [-0.2, -0.15) is 0 Å². The minimum Gasteiger partial charge on any atom is -0.481 e. The molecule has 0 aliphatic rings. The fourth-order valence-corrected chi connectivity index (χ4v) is 2.60. The molecule has 138 valence electrons. The summed E-state index contributed by atoms with van der Waals surface area (Å²) in [7, 11) is 0. The van der Waals surface area contributed by atoms with Gasteiger partial charge in [-0.15, -0.1) is 0 Å². The summed E-state index contributed by atoms with van der Waals surface area (Å²) in [4.78, 5) is 23.8. The topological polar surface area (TPSA) is 55.4 Å². The van der Waals surface area contributed by atoms with Gasteiger partial charge in [-0.1, -0.05) is 44.2 Å². The molecule has 2 aromatic rings. The monoisotopic (exact) mass is 357 g/mol. The molecule has 0 aliphatic carbocycles. The van der Waals surface area contributed by atoms with E-state index in [1.807, 2.05) is 13.8 Å². The second-order valence-corrected chi connectivity index (χ2v) is 6.93. The van der Waals surface area contributed by atoms with Crippen molar-refractivity contribution in [2.24, 2.45) is 0 Å². The van der Waals surface area contributed by atoms with Crippen molar-refractivity contribution in [3.63, 3.8) is 0 Å². The molecule has 0 aliphatic heterocycles. The number of halogens is 1. The predicted molar refractivity (Wildman–Crippen MR) is 99.0 cm³/mol. The normalized spacial score (nSPS) is 12.3. The summed E-state index contributed by atoms with van der Waals surface area (Å²) in [6, 6.07) is 13.2. The maximum atomic E-state index is 14.0. The van der Waals surface area contributed by atoms with Gasteiger partial charge >= 0.3 is 0 Å². The van der Waals surface area contributed by atoms with E-state index < -0.39 is 11.5 Å². The number of nitrogens with one attached hydrogen (secondary N) is 1. The van der Waals surface area contributed by atoms with E-state index in [4.69, 9.17) is 4.74 Å². The number of hydrogen-bond acceptors (Lipinski definition) is 3. The smallest absolute Gasteiger partial charge is 0.260 e. The van der Waals surface area contributed by atoms with Crippen molar-refractivity contribution >= 4 is 11.7 Å². The lowest BCUT2D eigenvalue weighted by atomic mass is 9.84. The number of hydrogen-bond donors (Lipinski definition) is 1. The molecule has 5 heteroatoms. The number of carbonyl (C=O) groups excluding carboxylic acids is 2. The highest BCUT2D eigenvalue weighted by molar-refractivity contribution is 5.94. The first kappa shape index (κ1) is 19.6. The van der Waals surface area contributed by atoms with Crippen LogP contribution in [0.25, 0.3) is 0 Å². The highest BCUT2D eigenvalue weighted by Gasteiger charge is 2.26. The number of rotatable bonds is 7. The van der Waals surface area contributed by atoms with E-state index in [1.54, 1.807) is 49.4 Å². The van der Waals surface area contributed by atoms with Gasteiger partial charge < -0.3 is 10.1 Å². The summed E-state index contributed by atoms with van der Waals surface area (Å²) in [5, 5.41) is 2.81. The lowest BCUT2D eigenvalue weighted by Gasteiger charge is -2.27. The van der Waals surface area contributed by atoms with Gasteiger partial charge in [0.1, 0.15) is 11.6 Å². The highest BCUT2D eigenvalue weighted by Crippen LogP contribution is 2.25. The number of amides is 1. The Hall–Kier alpha value is -2.69. The molecule has 0 fully saturated rings. The summed E-state index contributed by atoms with van der Waals surface area (Å²) < 4.78 is 19.6. The fourth-order valence-electron chi connectivity index (χ4n) is 2.60. The molecule has 0 aromatic heterocycles. The molecule has 1 atom stereocenters. The first-order valence-corrected chi connectivity index (χ1v) is 8.51. The van der Waals surface area contributed by atoms with Gasteiger partial charge in [-0.05, 0) is 37.6 Å². The first-order chi connectivity index (χ1) is 12.2. The van der Waals surface area contributed by atoms with Crippen LogP contribution in [0.4, 0.5) is 4.39 Å². The molecule has 1 unspecified atom stereocenters. The molecule has 0 bridgehead atoms. The lowest BCUT2D eigenvalue weighted by molar-refractivity contribution is -0.127. The molecule has 4 nitrogen and oxygen atoms in total. The molecular formula is C21H24FNO3. The molecular weight excluding hydrogens is 333 g/mol. The minimum absolute atomic E-state index is 0.0702. The van der Waals surface area contributed by atoms with E-state index in [0.717, 1.165) is 0 Å². The average Bonchev–Trinajstić information content (AvgIpc) is 2.60. The molecule has 0 heterocycles. The van der Waals surface area contributed by atoms with E-state index in [2.05, 4.69) is 5.32 Å². The van der Waals surface area contributed by atoms with Crippen LogP contribution in [-0.2, 0) is 10.2 Å². The number of carbonyl (C=O) groups is 2. The fraction of sp³-hybridized carbons (Fsp3) is 0.333. The van der Waals surface area contributed by atoms with Crippen LogP contribution in [0.1, 0.15) is 43.6 Å². The Labute approximate surface area is 153 Å². The van der Waals surface area contributed by atoms with Gasteiger partial charge in [0.15, 0.2) is 11.9 Å². The summed E-state index contributed by atoms with van der Waals surface area (Å²) >= 11 is 0. The van der Waals surface area contributed by atoms with E-state index in [9.17, 15) is 14.0 Å². The maximum Gasteiger partial charge on any atom is 0.260 e. The van der Waals surface area contributed by atoms with E-state index in [1.165, 1.54) is 13.0 Å². The highest BCUT2D eigenvalue weighted by atomic mass is 19.1. The third kappa shape index (κ3) is 4.91. The average molecular weight is 357 g/mol. The van der Waals surface area contributed by atoms with E-state index in [-0.39, 0.29) is 24.1 Å². The molecule has 1 N–H and O–H groups in total. The summed E-state index contributed by atoms with van der Waals surface area (Å²) in [6.07, 6.45) is -0.742. The van der Waals surface area contributed by atoms with Crippen LogP contribution in [-0.4, -0.2) is 24.3 Å². The summed E-state index contributed by atoms with van der Waals surface area (Å²) in [5.74, 6) is -0.215. The van der Waals surface area contributed by atoms with Gasteiger partial charge in [-0.25, -0.2) is 4.39 Å². The Balaban J connectivity index is 1.98. The second kappa shape index (κ2) is 8.13. The molecule has 2 rings (SSSR count). The lowest BCUT2D eigenvalue weighted by Crippen LogP contribution is -2.43. The zero-order valence-electron chi connectivity index (χ0n) is 15.5. The summed E-state index contributed by atoms with van der Waals surface area (Å²) in [6.45, 7) is 7.11. The molecule has 0 radical (unpaired) electrons. The number of ether oxygens (including phenoxy) is 1. The molecule has 1 amide bonds. The van der Waals surface area contributed by atoms with E-state index >= 15 is 0 Å². The molecule has 0 saturated heterocycles. The van der Waals surface area contributed by atoms with Gasteiger partial charge in [0.25, 0.3) is 5.91 Å². The number of Topliss-reactive ketones (excluding diaryl/α,β-unsaturated/α-hetero) is 1. The first-order valence-electron chi connectivity index (χ1n) is 8.51. The van der Waals surface area contributed by atoms with Crippen molar-refractivity contribution in [1.29, 1.82) is 0 Å². The van der Waals surface area contributed by atoms with Crippen molar-refractivity contribution < 1.29 is 18.7 Å². The standard InChI is InChI=1S/C21H24FNO3/c1-14(24)16-8-7-9-17(12-16)26-15(2)20(25)23-13-21(3,4)18-10-5-6-11-19(18)22/h5-12,15H,13H2,1-4H3,(H,23,25). The van der Waals surface area contributed by atoms with Crippen LogP contribution in [0, 0.1) is 5.82 Å². The van der Waals surface area contributed by atoms with Crippen molar-refractivity contribution in [3.05, 3.63) is 65.5 Å². The molecule has 0 spiro atoms. The van der Waals surface area contributed by atoms with Gasteiger partial charge in [0.05, 0.1) is 0 Å². The molecule has 2 aromatic carbocycles. The predicted octanol–water partition coefficient (Wildman–Crippen LogP) is 3.89. The Kier molecular flexibility index (Phi) is 6.14. The maximum absolute atomic E-state index is 14.0. The van der Waals surface area contributed by atoms with Crippen molar-refractivity contribution in [2.75, 3.05) is 6.54 Å². The Bertz CT molecular complexity index is 801. The van der Waals surface area contributed by atoms with E-state index in [0.29, 0.717) is 16.9 Å². The molecule has 0 saturated carbocycles. The Morgan fingerprint density at radius 2 is 1.85 bits per heavy atom. The van der Waals surface area contributed by atoms with Crippen LogP contribution in [0.3, 0.4) is 0 Å². The Morgan fingerprint density at radius 1 is 1.15 bits per heavy atom. The van der Waals surface area contributed by atoms with Gasteiger partial charge in [-0.3, -0.25) is 9.59 Å². The number of benzene rings is 2. The van der Waals surface area contributed by atoms with Crippen LogP contribution >= 0.6 is 0 Å². The minimum atomic E-state index is -0.742. The number of ketones is 1. The SMILES string of the molecule is CC(=O)c1cccc(OC(C)C(=O)NCC(C)(C)c2ccccc2F)c1. The van der Waals surface area contributed by atoms with Crippen LogP contribution < -0.4 is 10.1 Å². The summed E-state index contributed by atoms with van der Waals surface area (Å²) in [5.41, 5.74) is 0.508. The molecule has 26 heavy (non-hydrogen) atoms. The van der Waals surface area contributed by atoms with Gasteiger partial charge in [0.2, 0.25) is 0 Å². The third-order valence-electron chi connectivity index (χ3n) is 4.23. The zero-order valence-corrected chi connectivity index (χ0v) is 15.5. The third-order valence-corrected chi connectivity index (χ3v) is 4.23. The van der Waals surface area contributed by atoms with Crippen LogP contribution in [0.2, 0.25) is 0 Å². The van der Waals surface area contributed by atoms with Crippen molar-refractivity contribution in [2.45, 2.75) is 39.2 Å². The quantitative estimate of drug-likeness (QED) is 0.765. The van der Waals surface area contributed by atoms with Crippen molar-refractivity contribution in [1.82, 2.24) is 5.32 Å². The van der Waals surface area contributed by atoms with Gasteiger partial charge in [0, 0.05) is 17.5 Å². The van der Waals surface area contributed by atoms with Crippen LogP contribution in [0.15, 0.2) is 48.5 Å².